The van der Waals surface area contributed by atoms with E-state index in [1.165, 1.54) is 0 Å². The van der Waals surface area contributed by atoms with Gasteiger partial charge in [0.05, 0.1) is 5.69 Å². The number of alkyl halides is 3. The zero-order valence-corrected chi connectivity index (χ0v) is 7.11. The predicted molar refractivity (Wildman–Crippen MR) is 41.9 cm³/mol. The van der Waals surface area contributed by atoms with E-state index in [4.69, 9.17) is 0 Å². The summed E-state index contributed by atoms with van der Waals surface area (Å²) in [6.07, 6.45) is -2.89. The number of aryl methyl sites for hydroxylation is 1. The fourth-order valence-electron chi connectivity index (χ4n) is 1.58. The number of nitrogens with zero attached hydrogens (tertiary/aromatic N) is 1. The molecule has 0 saturated heterocycles. The SMILES string of the molecule is O=c1[nH]c(C(F)(F)F)nc2c1CCC2. The summed E-state index contributed by atoms with van der Waals surface area (Å²) in [6, 6.07) is 0. The summed E-state index contributed by atoms with van der Waals surface area (Å²) in [6.45, 7) is 0. The Kier molecular flexibility index (Phi) is 1.87. The van der Waals surface area contributed by atoms with Crippen molar-refractivity contribution in [1.82, 2.24) is 9.97 Å². The Balaban J connectivity index is 2.58. The van der Waals surface area contributed by atoms with Gasteiger partial charge in [-0.1, -0.05) is 0 Å². The second-order valence-corrected chi connectivity index (χ2v) is 3.19. The third kappa shape index (κ3) is 1.40. The van der Waals surface area contributed by atoms with Crippen LogP contribution in [0, 0.1) is 0 Å². The van der Waals surface area contributed by atoms with E-state index in [0.29, 0.717) is 30.5 Å². The van der Waals surface area contributed by atoms with Crippen molar-refractivity contribution < 1.29 is 13.2 Å². The average Bonchev–Trinajstić information content (AvgIpc) is 2.50. The first kappa shape index (κ1) is 9.23. The summed E-state index contributed by atoms with van der Waals surface area (Å²) in [7, 11) is 0. The lowest BCUT2D eigenvalue weighted by atomic mass is 10.2. The van der Waals surface area contributed by atoms with E-state index in [1.807, 2.05) is 0 Å². The molecule has 0 unspecified atom stereocenters. The largest absolute Gasteiger partial charge is 0.449 e. The summed E-state index contributed by atoms with van der Waals surface area (Å²) in [5.74, 6) is -1.19. The van der Waals surface area contributed by atoms with Crippen molar-refractivity contribution in [1.29, 1.82) is 0 Å². The van der Waals surface area contributed by atoms with Crippen molar-refractivity contribution in [3.63, 3.8) is 0 Å². The molecule has 76 valence electrons. The summed E-state index contributed by atoms with van der Waals surface area (Å²) in [5.41, 5.74) is 0.0406. The third-order valence-corrected chi connectivity index (χ3v) is 2.21. The van der Waals surface area contributed by atoms with Crippen molar-refractivity contribution in [2.45, 2.75) is 25.4 Å². The molecule has 0 atom stereocenters. The zero-order valence-electron chi connectivity index (χ0n) is 7.11. The highest BCUT2D eigenvalue weighted by Gasteiger charge is 2.35. The molecular weight excluding hydrogens is 197 g/mol. The maximum absolute atomic E-state index is 12.2. The molecular formula is C8H7F3N2O. The number of rotatable bonds is 0. The molecule has 14 heavy (non-hydrogen) atoms. The highest BCUT2D eigenvalue weighted by Crippen LogP contribution is 2.26. The molecule has 6 heteroatoms. The topological polar surface area (TPSA) is 45.8 Å². The standard InChI is InChI=1S/C8H7F3N2O/c9-8(10,11)7-12-5-3-1-2-4(5)6(14)13-7/h1-3H2,(H,12,13,14). The summed E-state index contributed by atoms with van der Waals surface area (Å²) < 4.78 is 36.6. The van der Waals surface area contributed by atoms with Crippen LogP contribution in [0.3, 0.4) is 0 Å². The molecule has 0 fully saturated rings. The van der Waals surface area contributed by atoms with Crippen LogP contribution in [-0.4, -0.2) is 9.97 Å². The number of hydrogen-bond donors (Lipinski definition) is 1. The van der Waals surface area contributed by atoms with Crippen molar-refractivity contribution >= 4 is 0 Å². The fraction of sp³-hybridized carbons (Fsp3) is 0.500. The van der Waals surface area contributed by atoms with Crippen LogP contribution in [0.1, 0.15) is 23.5 Å². The first-order valence-corrected chi connectivity index (χ1v) is 4.18. The lowest BCUT2D eigenvalue weighted by Gasteiger charge is -2.06. The summed E-state index contributed by atoms with van der Waals surface area (Å²) in [5, 5.41) is 0. The molecule has 0 bridgehead atoms. The molecule has 0 aromatic carbocycles. The van der Waals surface area contributed by atoms with Gasteiger partial charge in [-0.05, 0) is 19.3 Å². The van der Waals surface area contributed by atoms with Gasteiger partial charge in [0.2, 0.25) is 5.82 Å². The van der Waals surface area contributed by atoms with Gasteiger partial charge < -0.3 is 4.98 Å². The van der Waals surface area contributed by atoms with E-state index < -0.39 is 17.6 Å². The van der Waals surface area contributed by atoms with Gasteiger partial charge in [-0.15, -0.1) is 0 Å². The highest BCUT2D eigenvalue weighted by molar-refractivity contribution is 5.23. The maximum atomic E-state index is 12.2. The van der Waals surface area contributed by atoms with E-state index in [-0.39, 0.29) is 0 Å². The van der Waals surface area contributed by atoms with Gasteiger partial charge >= 0.3 is 6.18 Å². The Morgan fingerprint density at radius 2 is 2.00 bits per heavy atom. The molecule has 1 N–H and O–H groups in total. The van der Waals surface area contributed by atoms with Crippen LogP contribution in [0.15, 0.2) is 4.79 Å². The third-order valence-electron chi connectivity index (χ3n) is 2.21. The number of H-pyrrole nitrogens is 1. The minimum absolute atomic E-state index is 0.293. The highest BCUT2D eigenvalue weighted by atomic mass is 19.4. The lowest BCUT2D eigenvalue weighted by Crippen LogP contribution is -2.22. The van der Waals surface area contributed by atoms with Gasteiger partial charge in [0.15, 0.2) is 0 Å². The Morgan fingerprint density at radius 1 is 1.29 bits per heavy atom. The van der Waals surface area contributed by atoms with Gasteiger partial charge in [-0.25, -0.2) is 4.98 Å². The van der Waals surface area contributed by atoms with Gasteiger partial charge in [-0.2, -0.15) is 13.2 Å². The number of aromatic amines is 1. The molecule has 1 aliphatic carbocycles. The van der Waals surface area contributed by atoms with Gasteiger partial charge in [0.1, 0.15) is 0 Å². The molecule has 0 spiro atoms. The Labute approximate surface area is 77.0 Å². The normalized spacial score (nSPS) is 15.6. The van der Waals surface area contributed by atoms with E-state index in [9.17, 15) is 18.0 Å². The molecule has 1 aromatic heterocycles. The molecule has 1 aromatic rings. The van der Waals surface area contributed by atoms with Crippen LogP contribution >= 0.6 is 0 Å². The molecule has 0 saturated carbocycles. The lowest BCUT2D eigenvalue weighted by molar-refractivity contribution is -0.145. The Morgan fingerprint density at radius 3 is 2.64 bits per heavy atom. The van der Waals surface area contributed by atoms with E-state index in [2.05, 4.69) is 4.98 Å². The van der Waals surface area contributed by atoms with Crippen molar-refractivity contribution in [2.24, 2.45) is 0 Å². The molecule has 0 amide bonds. The van der Waals surface area contributed by atoms with Crippen LogP contribution in [-0.2, 0) is 19.0 Å². The van der Waals surface area contributed by atoms with Crippen molar-refractivity contribution in [3.05, 3.63) is 27.4 Å². The zero-order chi connectivity index (χ0) is 10.3. The van der Waals surface area contributed by atoms with E-state index in [0.717, 1.165) is 0 Å². The summed E-state index contributed by atoms with van der Waals surface area (Å²) in [4.78, 5) is 16.3. The van der Waals surface area contributed by atoms with Crippen LogP contribution < -0.4 is 5.56 Å². The van der Waals surface area contributed by atoms with Crippen LogP contribution in [0.5, 0.6) is 0 Å². The van der Waals surface area contributed by atoms with Gasteiger partial charge in [0, 0.05) is 5.56 Å². The Hall–Kier alpha value is -1.33. The minimum atomic E-state index is -4.57. The average molecular weight is 204 g/mol. The van der Waals surface area contributed by atoms with E-state index >= 15 is 0 Å². The predicted octanol–water partition coefficient (Wildman–Crippen LogP) is 1.28. The smallest absolute Gasteiger partial charge is 0.303 e. The first-order chi connectivity index (χ1) is 6.48. The second-order valence-electron chi connectivity index (χ2n) is 3.19. The van der Waals surface area contributed by atoms with E-state index in [1.54, 1.807) is 4.98 Å². The first-order valence-electron chi connectivity index (χ1n) is 4.18. The molecule has 3 nitrogen and oxygen atoms in total. The van der Waals surface area contributed by atoms with Crippen molar-refractivity contribution in [3.8, 4) is 0 Å². The number of nitrogens with one attached hydrogen (secondary N) is 1. The quantitative estimate of drug-likeness (QED) is 0.691. The molecule has 0 aliphatic heterocycles. The van der Waals surface area contributed by atoms with Gasteiger partial charge in [0.25, 0.3) is 5.56 Å². The monoisotopic (exact) mass is 204 g/mol. The number of aromatic nitrogens is 2. The number of hydrogen-bond acceptors (Lipinski definition) is 2. The summed E-state index contributed by atoms with van der Waals surface area (Å²) >= 11 is 0. The molecule has 1 heterocycles. The number of halogens is 3. The Bertz CT molecular complexity index is 422. The van der Waals surface area contributed by atoms with Crippen LogP contribution in [0.2, 0.25) is 0 Å². The maximum Gasteiger partial charge on any atom is 0.449 e. The number of fused-ring (bicyclic) bond motifs is 1. The van der Waals surface area contributed by atoms with Crippen LogP contribution in [0.25, 0.3) is 0 Å². The minimum Gasteiger partial charge on any atom is -0.303 e. The van der Waals surface area contributed by atoms with Gasteiger partial charge in [-0.3, -0.25) is 4.79 Å². The van der Waals surface area contributed by atoms with Crippen molar-refractivity contribution in [2.75, 3.05) is 0 Å². The molecule has 1 aliphatic rings. The fourth-order valence-corrected chi connectivity index (χ4v) is 1.58. The molecule has 0 radical (unpaired) electrons. The molecule has 2 rings (SSSR count). The second kappa shape index (κ2) is 2.83. The van der Waals surface area contributed by atoms with Crippen LogP contribution in [0.4, 0.5) is 13.2 Å².